The number of hydrogen-bond acceptors (Lipinski definition) is 10. The molecule has 0 aromatic heterocycles. The highest BCUT2D eigenvalue weighted by Crippen LogP contribution is 2.64. The Morgan fingerprint density at radius 1 is 0.864 bits per heavy atom. The first-order valence-corrected chi connectivity index (χ1v) is 20.9. The van der Waals surface area contributed by atoms with Crippen molar-refractivity contribution in [1.29, 1.82) is 5.26 Å². The first-order valence-electron chi connectivity index (χ1n) is 20.5. The molecule has 3 aromatic carbocycles. The van der Waals surface area contributed by atoms with E-state index in [4.69, 9.17) is 16.3 Å². The van der Waals surface area contributed by atoms with Crippen LogP contribution >= 0.6 is 11.6 Å². The minimum Gasteiger partial charge on any atom is -0.489 e. The van der Waals surface area contributed by atoms with E-state index in [1.165, 1.54) is 0 Å². The van der Waals surface area contributed by atoms with Crippen LogP contribution in [0.4, 0.5) is 5.69 Å². The Morgan fingerprint density at radius 2 is 1.54 bits per heavy atom. The van der Waals surface area contributed by atoms with Crippen LogP contribution in [0.2, 0.25) is 5.02 Å². The molecule has 1 unspecified atom stereocenters. The van der Waals surface area contributed by atoms with Crippen LogP contribution in [0.15, 0.2) is 66.7 Å². The minimum absolute atomic E-state index is 0.0802. The number of likely N-dealkylation sites (tertiary alicyclic amines) is 1. The normalized spacial score (nSPS) is 25.8. The summed E-state index contributed by atoms with van der Waals surface area (Å²) < 4.78 is 6.68. The van der Waals surface area contributed by atoms with Gasteiger partial charge in [-0.05, 0) is 67.6 Å². The number of anilines is 1. The molecule has 2 N–H and O–H groups in total. The Hall–Kier alpha value is -5.29. The lowest BCUT2D eigenvalue weighted by molar-refractivity contribution is -0.290. The number of ether oxygens (including phenoxy) is 1. The third kappa shape index (κ3) is 6.85. The number of halogens is 1. The monoisotopic (exact) mass is 819 g/mol. The number of nitrogens with one attached hydrogen (secondary N) is 2. The first kappa shape index (κ1) is 40.5. The van der Waals surface area contributed by atoms with Gasteiger partial charge in [-0.25, -0.2) is 0 Å². The van der Waals surface area contributed by atoms with Crippen molar-refractivity contribution < 1.29 is 28.7 Å². The van der Waals surface area contributed by atoms with Crippen LogP contribution in [0.1, 0.15) is 90.0 Å². The van der Waals surface area contributed by atoms with Gasteiger partial charge in [-0.15, -0.1) is 0 Å². The summed E-state index contributed by atoms with van der Waals surface area (Å²) in [7, 11) is 0. The van der Waals surface area contributed by atoms with E-state index in [1.54, 1.807) is 30.3 Å². The number of piperidine rings is 2. The quantitative estimate of drug-likeness (QED) is 0.279. The number of imide groups is 2. The number of amides is 5. The van der Waals surface area contributed by atoms with E-state index in [0.717, 1.165) is 69.2 Å². The second-order valence-corrected chi connectivity index (χ2v) is 18.0. The molecule has 8 rings (SSSR count). The number of rotatable bonds is 9. The van der Waals surface area contributed by atoms with Gasteiger partial charge in [0.15, 0.2) is 0 Å². The number of nitrogens with zero attached hydrogens (tertiary/aromatic N) is 5. The lowest BCUT2D eigenvalue weighted by Crippen LogP contribution is -2.89. The van der Waals surface area contributed by atoms with Gasteiger partial charge in [0, 0.05) is 80.4 Å². The van der Waals surface area contributed by atoms with Gasteiger partial charge >= 0.3 is 0 Å². The van der Waals surface area contributed by atoms with Crippen LogP contribution in [0, 0.1) is 28.1 Å². The minimum atomic E-state index is -0.990. The zero-order valence-electron chi connectivity index (χ0n) is 33.9. The Balaban J connectivity index is 0.911. The summed E-state index contributed by atoms with van der Waals surface area (Å²) in [6.07, 6.45) is 1.86. The largest absolute Gasteiger partial charge is 0.489 e. The van der Waals surface area contributed by atoms with Crippen molar-refractivity contribution in [2.75, 3.05) is 50.7 Å². The van der Waals surface area contributed by atoms with Gasteiger partial charge in [-0.2, -0.15) is 5.26 Å². The van der Waals surface area contributed by atoms with Gasteiger partial charge in [0.2, 0.25) is 11.8 Å². The number of carbonyl (C=O) groups excluding carboxylic acids is 5. The second-order valence-electron chi connectivity index (χ2n) is 17.6. The van der Waals surface area contributed by atoms with Crippen LogP contribution in [0.3, 0.4) is 0 Å². The molecule has 0 spiro atoms. The Bertz CT molecular complexity index is 2220. The molecule has 1 aliphatic carbocycles. The van der Waals surface area contributed by atoms with E-state index in [2.05, 4.69) is 59.1 Å². The molecule has 4 fully saturated rings. The smallest absolute Gasteiger partial charge is 0.262 e. The molecule has 0 bridgehead atoms. The third-order valence-electron chi connectivity index (χ3n) is 13.6. The van der Waals surface area contributed by atoms with Crippen molar-refractivity contribution in [3.8, 4) is 11.8 Å². The van der Waals surface area contributed by atoms with Crippen LogP contribution < -0.4 is 20.3 Å². The van der Waals surface area contributed by atoms with Crippen LogP contribution in [0.25, 0.3) is 0 Å². The summed E-state index contributed by atoms with van der Waals surface area (Å²) >= 11 is 6.40. The summed E-state index contributed by atoms with van der Waals surface area (Å²) in [5, 5.41) is 15.5. The van der Waals surface area contributed by atoms with E-state index in [0.29, 0.717) is 33.4 Å². The fraction of sp³-hybridized carbons (Fsp3) is 0.467. The summed E-state index contributed by atoms with van der Waals surface area (Å²) in [5.74, 6) is -1.09. The zero-order chi connectivity index (χ0) is 41.9. The molecule has 1 saturated carbocycles. The van der Waals surface area contributed by atoms with Crippen LogP contribution in [-0.4, -0.2) is 108 Å². The number of nitriles is 1. The molecule has 308 valence electrons. The summed E-state index contributed by atoms with van der Waals surface area (Å²) in [6, 6.07) is 20.9. The van der Waals surface area contributed by atoms with Crippen molar-refractivity contribution in [3.63, 3.8) is 0 Å². The van der Waals surface area contributed by atoms with E-state index in [1.807, 2.05) is 36.4 Å². The first-order chi connectivity index (χ1) is 28.2. The van der Waals surface area contributed by atoms with E-state index in [9.17, 15) is 29.2 Å². The molecule has 4 aliphatic heterocycles. The van der Waals surface area contributed by atoms with Crippen molar-refractivity contribution >= 4 is 46.8 Å². The number of benzene rings is 3. The number of piperazine rings is 1. The fourth-order valence-corrected chi connectivity index (χ4v) is 11.0. The number of hydrogen-bond donors (Lipinski definition) is 2. The van der Waals surface area contributed by atoms with E-state index < -0.39 is 46.2 Å². The van der Waals surface area contributed by atoms with E-state index in [-0.39, 0.29) is 30.4 Å². The molecule has 3 aromatic rings. The molecule has 59 heavy (non-hydrogen) atoms. The maximum Gasteiger partial charge on any atom is 0.262 e. The molecule has 13 nitrogen and oxygen atoms in total. The predicted molar refractivity (Wildman–Crippen MR) is 221 cm³/mol. The fourth-order valence-electron chi connectivity index (χ4n) is 10.8. The van der Waals surface area contributed by atoms with E-state index >= 15 is 0 Å². The molecule has 1 atom stereocenters. The Morgan fingerprint density at radius 3 is 2.19 bits per heavy atom. The lowest BCUT2D eigenvalue weighted by Gasteiger charge is -2.74. The van der Waals surface area contributed by atoms with Crippen LogP contribution in [0.5, 0.6) is 5.75 Å². The highest BCUT2D eigenvalue weighted by molar-refractivity contribution is 6.31. The summed E-state index contributed by atoms with van der Waals surface area (Å²) in [4.78, 5) is 73.0. The number of fused-ring (bicyclic) bond motifs is 1. The van der Waals surface area contributed by atoms with Gasteiger partial charge in [-0.3, -0.25) is 44.0 Å². The predicted octanol–water partition coefficient (Wildman–Crippen LogP) is 5.09. The number of carbonyl (C=O) groups is 5. The lowest BCUT2D eigenvalue weighted by atomic mass is 9.43. The molecule has 4 heterocycles. The van der Waals surface area contributed by atoms with Crippen molar-refractivity contribution in [2.45, 2.75) is 71.2 Å². The summed E-state index contributed by atoms with van der Waals surface area (Å²) in [5.41, 5.74) is 0.641. The highest BCUT2D eigenvalue weighted by Gasteiger charge is 2.76. The maximum atomic E-state index is 14.0. The topological polar surface area (TPSA) is 155 Å². The third-order valence-corrected chi connectivity index (χ3v) is 13.9. The standard InChI is InChI=1S/C45H50ClN7O6/c1-43(2)42(59-32-12-10-30(26-47)35(46)25-32)44(3,4)45(43,49-38(55)29-8-6-5-7-9-29)52-18-16-28(17-19-52)27-50-20-22-51(23-21-50)31-11-13-33-34(24-31)41(58)53(40(33)57)36-14-15-37(54)48-39(36)56/h5-13,24-25,28,36,42H,14-23,27H2,1-4H3,(H,49,55)(H,48,54,56). The Labute approximate surface area is 349 Å². The molecule has 5 aliphatic rings. The van der Waals surface area contributed by atoms with Crippen molar-refractivity contribution in [1.82, 2.24) is 25.3 Å². The molecule has 5 amide bonds. The summed E-state index contributed by atoms with van der Waals surface area (Å²) in [6.45, 7) is 14.4. The zero-order valence-corrected chi connectivity index (χ0v) is 34.7. The average Bonchev–Trinajstić information content (AvgIpc) is 3.47. The second kappa shape index (κ2) is 15.4. The van der Waals surface area contributed by atoms with Crippen molar-refractivity contribution in [3.05, 3.63) is 94.0 Å². The SMILES string of the molecule is CC1(C)C(Oc2ccc(C#N)c(Cl)c2)C(C)(C)C1(NC(=O)c1ccccc1)N1CCC(CN2CCN(c3ccc4c(c3)C(=O)N(C3CCC(=O)NC3=O)C4=O)CC2)CC1. The average molecular weight is 820 g/mol. The highest BCUT2D eigenvalue weighted by atomic mass is 35.5. The van der Waals surface area contributed by atoms with Crippen LogP contribution in [-0.2, 0) is 9.59 Å². The molecule has 0 radical (unpaired) electrons. The van der Waals surface area contributed by atoms with Gasteiger partial charge in [0.25, 0.3) is 17.7 Å². The molecule has 14 heteroatoms. The van der Waals surface area contributed by atoms with Gasteiger partial charge < -0.3 is 15.0 Å². The molecular formula is C45H50ClN7O6. The van der Waals surface area contributed by atoms with Gasteiger partial charge in [-0.1, -0.05) is 57.5 Å². The molecule has 3 saturated heterocycles. The van der Waals surface area contributed by atoms with Gasteiger partial charge in [0.05, 0.1) is 21.7 Å². The Kier molecular flexibility index (Phi) is 10.6. The molecular weight excluding hydrogens is 770 g/mol. The van der Waals surface area contributed by atoms with Crippen molar-refractivity contribution in [2.24, 2.45) is 16.7 Å². The van der Waals surface area contributed by atoms with Gasteiger partial charge in [0.1, 0.15) is 29.6 Å². The maximum absolute atomic E-state index is 14.0.